The van der Waals surface area contributed by atoms with E-state index >= 15 is 0 Å². The number of hydrogen-bond donors (Lipinski definition) is 1. The molecule has 1 aliphatic carbocycles. The SMILES string of the molecule is OC1(c2ccccc2Cl)CCCC1. The molecule has 0 spiro atoms. The van der Waals surface area contributed by atoms with Crippen LogP contribution in [0.2, 0.25) is 5.02 Å². The third kappa shape index (κ3) is 1.59. The summed E-state index contributed by atoms with van der Waals surface area (Å²) in [7, 11) is 0. The predicted octanol–water partition coefficient (Wildman–Crippen LogP) is 3.10. The van der Waals surface area contributed by atoms with Crippen molar-refractivity contribution in [2.24, 2.45) is 0 Å². The standard InChI is InChI=1S/C11H13ClO/c12-10-6-2-1-5-9(10)11(13)7-3-4-8-11/h1-2,5-6,13H,3-4,7-8H2. The van der Waals surface area contributed by atoms with Gasteiger partial charge in [-0.15, -0.1) is 0 Å². The third-order valence-electron chi connectivity index (χ3n) is 2.81. The third-order valence-corrected chi connectivity index (χ3v) is 3.14. The van der Waals surface area contributed by atoms with E-state index in [2.05, 4.69) is 0 Å². The van der Waals surface area contributed by atoms with Gasteiger partial charge in [-0.1, -0.05) is 42.6 Å². The van der Waals surface area contributed by atoms with Crippen LogP contribution in [-0.2, 0) is 5.60 Å². The molecule has 2 rings (SSSR count). The summed E-state index contributed by atoms with van der Waals surface area (Å²) >= 11 is 6.03. The Morgan fingerprint density at radius 1 is 1.15 bits per heavy atom. The average molecular weight is 197 g/mol. The van der Waals surface area contributed by atoms with Crippen molar-refractivity contribution >= 4 is 11.6 Å². The first kappa shape index (κ1) is 9.04. The second kappa shape index (κ2) is 3.32. The van der Waals surface area contributed by atoms with Gasteiger partial charge in [0.25, 0.3) is 0 Å². The summed E-state index contributed by atoms with van der Waals surface area (Å²) in [6.07, 6.45) is 3.89. The molecule has 0 radical (unpaired) electrons. The molecule has 0 aliphatic heterocycles. The number of rotatable bonds is 1. The van der Waals surface area contributed by atoms with Gasteiger partial charge in [-0.2, -0.15) is 0 Å². The molecule has 0 aromatic heterocycles. The minimum atomic E-state index is -0.654. The van der Waals surface area contributed by atoms with Crippen molar-refractivity contribution < 1.29 is 5.11 Å². The summed E-state index contributed by atoms with van der Waals surface area (Å²) in [6.45, 7) is 0. The molecule has 0 amide bonds. The summed E-state index contributed by atoms with van der Waals surface area (Å²) in [6, 6.07) is 7.59. The molecule has 13 heavy (non-hydrogen) atoms. The van der Waals surface area contributed by atoms with Crippen LogP contribution in [0, 0.1) is 0 Å². The predicted molar refractivity (Wildman–Crippen MR) is 53.8 cm³/mol. The Balaban J connectivity index is 2.39. The molecule has 0 heterocycles. The number of hydrogen-bond acceptors (Lipinski definition) is 1. The number of halogens is 1. The summed E-state index contributed by atoms with van der Waals surface area (Å²) in [5, 5.41) is 10.9. The largest absolute Gasteiger partial charge is 0.385 e. The highest BCUT2D eigenvalue weighted by Crippen LogP contribution is 2.41. The summed E-state index contributed by atoms with van der Waals surface area (Å²) < 4.78 is 0. The highest BCUT2D eigenvalue weighted by Gasteiger charge is 2.34. The Morgan fingerprint density at radius 3 is 2.38 bits per heavy atom. The van der Waals surface area contributed by atoms with E-state index in [0.717, 1.165) is 31.2 Å². The fraction of sp³-hybridized carbons (Fsp3) is 0.455. The molecule has 0 unspecified atom stereocenters. The zero-order valence-electron chi connectivity index (χ0n) is 7.46. The van der Waals surface area contributed by atoms with E-state index in [4.69, 9.17) is 11.6 Å². The Labute approximate surface area is 83.3 Å². The van der Waals surface area contributed by atoms with Crippen LogP contribution < -0.4 is 0 Å². The van der Waals surface area contributed by atoms with Crippen LogP contribution >= 0.6 is 11.6 Å². The molecule has 70 valence electrons. The van der Waals surface area contributed by atoms with Crippen molar-refractivity contribution in [1.29, 1.82) is 0 Å². The van der Waals surface area contributed by atoms with E-state index in [9.17, 15) is 5.11 Å². The zero-order chi connectivity index (χ0) is 9.31. The van der Waals surface area contributed by atoms with Crippen molar-refractivity contribution in [2.75, 3.05) is 0 Å². The van der Waals surface area contributed by atoms with E-state index in [-0.39, 0.29) is 0 Å². The van der Waals surface area contributed by atoms with Gasteiger partial charge in [-0.25, -0.2) is 0 Å². The minimum Gasteiger partial charge on any atom is -0.385 e. The Hall–Kier alpha value is -0.530. The molecule has 0 atom stereocenters. The van der Waals surface area contributed by atoms with E-state index < -0.39 is 5.60 Å². The van der Waals surface area contributed by atoms with Crippen molar-refractivity contribution in [3.63, 3.8) is 0 Å². The monoisotopic (exact) mass is 196 g/mol. The van der Waals surface area contributed by atoms with Gasteiger partial charge < -0.3 is 5.11 Å². The first-order valence-corrected chi connectivity index (χ1v) is 5.08. The maximum absolute atomic E-state index is 10.3. The van der Waals surface area contributed by atoms with Gasteiger partial charge in [0, 0.05) is 10.6 Å². The van der Waals surface area contributed by atoms with E-state index in [1.165, 1.54) is 0 Å². The maximum atomic E-state index is 10.3. The summed E-state index contributed by atoms with van der Waals surface area (Å²) in [5.74, 6) is 0. The molecule has 0 bridgehead atoms. The molecule has 2 heteroatoms. The minimum absolute atomic E-state index is 0.654. The topological polar surface area (TPSA) is 20.2 Å². The molecular formula is C11H13ClO. The second-order valence-corrected chi connectivity index (χ2v) is 4.13. The number of aliphatic hydroxyl groups is 1. The maximum Gasteiger partial charge on any atom is 0.0910 e. The van der Waals surface area contributed by atoms with Crippen molar-refractivity contribution in [1.82, 2.24) is 0 Å². The Morgan fingerprint density at radius 2 is 1.77 bits per heavy atom. The second-order valence-electron chi connectivity index (χ2n) is 3.72. The van der Waals surface area contributed by atoms with Crippen LogP contribution in [0.1, 0.15) is 31.2 Å². The highest BCUT2D eigenvalue weighted by molar-refractivity contribution is 6.31. The van der Waals surface area contributed by atoms with Crippen LogP contribution in [-0.4, -0.2) is 5.11 Å². The molecular weight excluding hydrogens is 184 g/mol. The molecule has 1 saturated carbocycles. The van der Waals surface area contributed by atoms with Crippen LogP contribution in [0.5, 0.6) is 0 Å². The van der Waals surface area contributed by atoms with Gasteiger partial charge in [-0.3, -0.25) is 0 Å². The van der Waals surface area contributed by atoms with Gasteiger partial charge in [0.2, 0.25) is 0 Å². The Kier molecular flexibility index (Phi) is 2.31. The molecule has 1 N–H and O–H groups in total. The fourth-order valence-corrected chi connectivity index (χ4v) is 2.38. The fourth-order valence-electron chi connectivity index (χ4n) is 2.07. The smallest absolute Gasteiger partial charge is 0.0910 e. The van der Waals surface area contributed by atoms with Crippen molar-refractivity contribution in [3.8, 4) is 0 Å². The molecule has 1 aliphatic rings. The highest BCUT2D eigenvalue weighted by atomic mass is 35.5. The van der Waals surface area contributed by atoms with Gasteiger partial charge in [-0.05, 0) is 18.9 Å². The molecule has 1 fully saturated rings. The van der Waals surface area contributed by atoms with Gasteiger partial charge in [0.15, 0.2) is 0 Å². The lowest BCUT2D eigenvalue weighted by Crippen LogP contribution is -2.21. The van der Waals surface area contributed by atoms with Crippen molar-refractivity contribution in [3.05, 3.63) is 34.9 Å². The van der Waals surface area contributed by atoms with Crippen LogP contribution in [0.15, 0.2) is 24.3 Å². The van der Waals surface area contributed by atoms with Crippen LogP contribution in [0.25, 0.3) is 0 Å². The average Bonchev–Trinajstić information content (AvgIpc) is 2.54. The normalized spacial score (nSPS) is 20.5. The lowest BCUT2D eigenvalue weighted by molar-refractivity contribution is 0.0446. The summed E-state index contributed by atoms with van der Waals surface area (Å²) in [5.41, 5.74) is 0.243. The molecule has 1 aromatic rings. The Bertz CT molecular complexity index is 303. The zero-order valence-corrected chi connectivity index (χ0v) is 8.22. The molecule has 0 saturated heterocycles. The lowest BCUT2D eigenvalue weighted by atomic mass is 9.92. The lowest BCUT2D eigenvalue weighted by Gasteiger charge is -2.23. The first-order valence-electron chi connectivity index (χ1n) is 4.70. The van der Waals surface area contributed by atoms with Gasteiger partial charge in [0.1, 0.15) is 0 Å². The van der Waals surface area contributed by atoms with E-state index in [1.54, 1.807) is 0 Å². The first-order chi connectivity index (χ1) is 6.22. The molecule has 1 aromatic carbocycles. The number of benzene rings is 1. The van der Waals surface area contributed by atoms with Crippen LogP contribution in [0.3, 0.4) is 0 Å². The van der Waals surface area contributed by atoms with E-state index in [0.29, 0.717) is 5.02 Å². The summed E-state index contributed by atoms with van der Waals surface area (Å²) in [4.78, 5) is 0. The van der Waals surface area contributed by atoms with Gasteiger partial charge >= 0.3 is 0 Å². The van der Waals surface area contributed by atoms with Gasteiger partial charge in [0.05, 0.1) is 5.60 Å². The van der Waals surface area contributed by atoms with E-state index in [1.807, 2.05) is 24.3 Å². The van der Waals surface area contributed by atoms with Crippen molar-refractivity contribution in [2.45, 2.75) is 31.3 Å². The molecule has 1 nitrogen and oxygen atoms in total. The quantitative estimate of drug-likeness (QED) is 0.732. The van der Waals surface area contributed by atoms with Crippen LogP contribution in [0.4, 0.5) is 0 Å².